The molecule has 0 aromatic heterocycles. The Hall–Kier alpha value is -2.05. The van der Waals surface area contributed by atoms with Crippen molar-refractivity contribution in [3.8, 4) is 0 Å². The van der Waals surface area contributed by atoms with E-state index >= 15 is 0 Å². The van der Waals surface area contributed by atoms with Gasteiger partial charge in [0, 0.05) is 7.05 Å². The van der Waals surface area contributed by atoms with Crippen molar-refractivity contribution in [3.05, 3.63) is 59.1 Å². The average molecular weight is 340 g/mol. The minimum Gasteiger partial charge on any atom is -0.465 e. The molecule has 0 heterocycles. The summed E-state index contributed by atoms with van der Waals surface area (Å²) in [7, 11) is -1.16. The van der Waals surface area contributed by atoms with Crippen LogP contribution in [0.3, 0.4) is 0 Å². The van der Waals surface area contributed by atoms with Gasteiger partial charge in [0.15, 0.2) is 0 Å². The molecule has 0 amide bonds. The third-order valence-electron chi connectivity index (χ3n) is 3.12. The van der Waals surface area contributed by atoms with E-state index in [1.54, 1.807) is 30.3 Å². The summed E-state index contributed by atoms with van der Waals surface area (Å²) in [5.74, 6) is -0.690. The number of hydrogen-bond donors (Lipinski definition) is 0. The molecule has 0 unspecified atom stereocenters. The summed E-state index contributed by atoms with van der Waals surface area (Å²) in [6.07, 6.45) is 0. The molecule has 5 nitrogen and oxygen atoms in total. The van der Waals surface area contributed by atoms with Gasteiger partial charge in [0.05, 0.1) is 28.3 Å². The number of rotatable bonds is 4. The van der Waals surface area contributed by atoms with Gasteiger partial charge in [-0.25, -0.2) is 13.2 Å². The van der Waals surface area contributed by atoms with Crippen LogP contribution < -0.4 is 4.31 Å². The van der Waals surface area contributed by atoms with E-state index in [1.165, 1.54) is 32.4 Å². The highest BCUT2D eigenvalue weighted by Crippen LogP contribution is 2.25. The Bertz CT molecular complexity index is 790. The molecule has 0 aliphatic rings. The van der Waals surface area contributed by atoms with E-state index in [9.17, 15) is 13.2 Å². The molecular weight excluding hydrogens is 326 g/mol. The maximum absolute atomic E-state index is 12.6. The first-order chi connectivity index (χ1) is 10.4. The normalized spacial score (nSPS) is 11.0. The maximum atomic E-state index is 12.6. The van der Waals surface area contributed by atoms with Crippen LogP contribution in [0.2, 0.25) is 5.02 Å². The van der Waals surface area contributed by atoms with Crippen molar-refractivity contribution in [1.29, 1.82) is 0 Å². The van der Waals surface area contributed by atoms with Gasteiger partial charge in [-0.1, -0.05) is 29.8 Å². The van der Waals surface area contributed by atoms with Crippen LogP contribution in [0.15, 0.2) is 53.4 Å². The second-order valence-electron chi connectivity index (χ2n) is 4.44. The molecule has 0 saturated heterocycles. The van der Waals surface area contributed by atoms with Crippen LogP contribution >= 0.6 is 11.6 Å². The van der Waals surface area contributed by atoms with E-state index in [0.29, 0.717) is 5.69 Å². The molecule has 0 N–H and O–H groups in total. The Morgan fingerprint density at radius 2 is 1.77 bits per heavy atom. The Morgan fingerprint density at radius 3 is 2.36 bits per heavy atom. The molecule has 0 spiro atoms. The second-order valence-corrected chi connectivity index (χ2v) is 6.82. The summed E-state index contributed by atoms with van der Waals surface area (Å²) < 4.78 is 31.0. The Kier molecular flexibility index (Phi) is 4.73. The van der Waals surface area contributed by atoms with Gasteiger partial charge in [-0.05, 0) is 30.3 Å². The van der Waals surface area contributed by atoms with Gasteiger partial charge < -0.3 is 4.74 Å². The molecule has 0 aliphatic heterocycles. The SMILES string of the molecule is COC(=O)c1cc(S(=O)(=O)N(C)c2ccccc2)ccc1Cl. The van der Waals surface area contributed by atoms with Crippen molar-refractivity contribution in [1.82, 2.24) is 0 Å². The zero-order valence-electron chi connectivity index (χ0n) is 12.0. The molecule has 0 bridgehead atoms. The number of benzene rings is 2. The first kappa shape index (κ1) is 16.3. The van der Waals surface area contributed by atoms with E-state index in [4.69, 9.17) is 11.6 Å². The number of anilines is 1. The highest BCUT2D eigenvalue weighted by molar-refractivity contribution is 7.92. The first-order valence-electron chi connectivity index (χ1n) is 6.30. The molecule has 2 rings (SSSR count). The predicted molar refractivity (Wildman–Crippen MR) is 84.8 cm³/mol. The zero-order valence-corrected chi connectivity index (χ0v) is 13.6. The van der Waals surface area contributed by atoms with E-state index < -0.39 is 16.0 Å². The fourth-order valence-electron chi connectivity index (χ4n) is 1.87. The number of ether oxygens (including phenoxy) is 1. The van der Waals surface area contributed by atoms with Crippen molar-refractivity contribution >= 4 is 33.3 Å². The lowest BCUT2D eigenvalue weighted by molar-refractivity contribution is 0.0600. The van der Waals surface area contributed by atoms with E-state index in [2.05, 4.69) is 4.74 Å². The van der Waals surface area contributed by atoms with E-state index in [-0.39, 0.29) is 15.5 Å². The minimum atomic E-state index is -3.81. The lowest BCUT2D eigenvalue weighted by Crippen LogP contribution is -2.26. The first-order valence-corrected chi connectivity index (χ1v) is 8.11. The molecule has 0 atom stereocenters. The van der Waals surface area contributed by atoms with Crippen molar-refractivity contribution in [3.63, 3.8) is 0 Å². The topological polar surface area (TPSA) is 63.7 Å². The highest BCUT2D eigenvalue weighted by atomic mass is 35.5. The molecule has 2 aromatic rings. The fraction of sp³-hybridized carbons (Fsp3) is 0.133. The average Bonchev–Trinajstić information content (AvgIpc) is 2.54. The standard InChI is InChI=1S/C15H14ClNO4S/c1-17(11-6-4-3-5-7-11)22(19,20)12-8-9-14(16)13(10-12)15(18)21-2/h3-10H,1-2H3. The smallest absolute Gasteiger partial charge is 0.339 e. The zero-order chi connectivity index (χ0) is 16.3. The van der Waals surface area contributed by atoms with Gasteiger partial charge in [0.1, 0.15) is 0 Å². The lowest BCUT2D eigenvalue weighted by Gasteiger charge is -2.19. The van der Waals surface area contributed by atoms with Crippen LogP contribution in [0.4, 0.5) is 5.69 Å². The molecule has 0 saturated carbocycles. The fourth-order valence-corrected chi connectivity index (χ4v) is 3.28. The summed E-state index contributed by atoms with van der Waals surface area (Å²) >= 11 is 5.91. The third kappa shape index (κ3) is 3.08. The van der Waals surface area contributed by atoms with Crippen molar-refractivity contribution in [2.75, 3.05) is 18.5 Å². The van der Waals surface area contributed by atoms with Crippen LogP contribution in [0.25, 0.3) is 0 Å². The summed E-state index contributed by atoms with van der Waals surface area (Å²) in [5.41, 5.74) is 0.517. The molecular formula is C15H14ClNO4S. The number of methoxy groups -OCH3 is 1. The predicted octanol–water partition coefficient (Wildman–Crippen LogP) is 2.95. The van der Waals surface area contributed by atoms with Gasteiger partial charge in [0.25, 0.3) is 10.0 Å². The maximum Gasteiger partial charge on any atom is 0.339 e. The van der Waals surface area contributed by atoms with Gasteiger partial charge in [-0.15, -0.1) is 0 Å². The number of hydrogen-bond acceptors (Lipinski definition) is 4. The number of halogens is 1. The Morgan fingerprint density at radius 1 is 1.14 bits per heavy atom. The molecule has 22 heavy (non-hydrogen) atoms. The number of carbonyl (C=O) groups is 1. The van der Waals surface area contributed by atoms with Gasteiger partial charge in [-0.3, -0.25) is 4.31 Å². The Labute approximate surface area is 134 Å². The van der Waals surface area contributed by atoms with Crippen molar-refractivity contribution < 1.29 is 17.9 Å². The van der Waals surface area contributed by atoms with Crippen molar-refractivity contribution in [2.24, 2.45) is 0 Å². The van der Waals surface area contributed by atoms with Gasteiger partial charge >= 0.3 is 5.97 Å². The van der Waals surface area contributed by atoms with E-state index in [1.807, 2.05) is 0 Å². The molecule has 0 aliphatic carbocycles. The quantitative estimate of drug-likeness (QED) is 0.803. The van der Waals surface area contributed by atoms with Crippen LogP contribution in [-0.4, -0.2) is 28.5 Å². The monoisotopic (exact) mass is 339 g/mol. The number of sulfonamides is 1. The number of para-hydroxylation sites is 1. The molecule has 2 aromatic carbocycles. The highest BCUT2D eigenvalue weighted by Gasteiger charge is 2.23. The third-order valence-corrected chi connectivity index (χ3v) is 5.23. The van der Waals surface area contributed by atoms with Crippen molar-refractivity contribution in [2.45, 2.75) is 4.90 Å². The summed E-state index contributed by atoms with van der Waals surface area (Å²) in [6.45, 7) is 0. The molecule has 116 valence electrons. The van der Waals surface area contributed by atoms with Gasteiger partial charge in [-0.2, -0.15) is 0 Å². The Balaban J connectivity index is 2.48. The number of carbonyl (C=O) groups excluding carboxylic acids is 1. The number of nitrogens with zero attached hydrogens (tertiary/aromatic N) is 1. The molecule has 7 heteroatoms. The van der Waals surface area contributed by atoms with Gasteiger partial charge in [0.2, 0.25) is 0 Å². The summed E-state index contributed by atoms with van der Waals surface area (Å²) in [5, 5.41) is 0.133. The summed E-state index contributed by atoms with van der Waals surface area (Å²) in [4.78, 5) is 11.6. The number of esters is 1. The largest absolute Gasteiger partial charge is 0.465 e. The van der Waals surface area contributed by atoms with Crippen LogP contribution in [-0.2, 0) is 14.8 Å². The van der Waals surface area contributed by atoms with E-state index in [0.717, 1.165) is 4.31 Å². The van der Waals surface area contributed by atoms with Crippen LogP contribution in [0.5, 0.6) is 0 Å². The molecule has 0 radical (unpaired) electrons. The summed E-state index contributed by atoms with van der Waals surface area (Å²) in [6, 6.07) is 12.5. The minimum absolute atomic E-state index is 0.00621. The molecule has 0 fully saturated rings. The van der Waals surface area contributed by atoms with Crippen LogP contribution in [0, 0.1) is 0 Å². The lowest BCUT2D eigenvalue weighted by atomic mass is 10.2. The second kappa shape index (κ2) is 6.37. The van der Waals surface area contributed by atoms with Crippen LogP contribution in [0.1, 0.15) is 10.4 Å².